The van der Waals surface area contributed by atoms with Gasteiger partial charge in [-0.15, -0.1) is 0 Å². The summed E-state index contributed by atoms with van der Waals surface area (Å²) in [4.78, 5) is 12.2. The van der Waals surface area contributed by atoms with E-state index >= 15 is 0 Å². The molecule has 0 aliphatic rings. The van der Waals surface area contributed by atoms with Crippen LogP contribution in [-0.4, -0.2) is 19.1 Å². The van der Waals surface area contributed by atoms with Gasteiger partial charge in [-0.25, -0.2) is 0 Å². The molecule has 0 aliphatic carbocycles. The highest BCUT2D eigenvalue weighted by atomic mass is 16.5. The van der Waals surface area contributed by atoms with E-state index in [2.05, 4.69) is 36.6 Å². The lowest BCUT2D eigenvalue weighted by Gasteiger charge is -2.14. The average Bonchev–Trinajstić information content (AvgIpc) is 2.67. The van der Waals surface area contributed by atoms with E-state index in [4.69, 9.17) is 4.74 Å². The van der Waals surface area contributed by atoms with Crippen LogP contribution in [0, 0.1) is 0 Å². The number of rotatable bonds is 11. The smallest absolute Gasteiger partial charge is 0.238 e. The van der Waals surface area contributed by atoms with Crippen LogP contribution in [0.15, 0.2) is 54.6 Å². The second-order valence-corrected chi connectivity index (χ2v) is 6.50. The van der Waals surface area contributed by atoms with E-state index in [9.17, 15) is 4.79 Å². The molecule has 0 aromatic heterocycles. The van der Waals surface area contributed by atoms with Gasteiger partial charge in [-0.1, -0.05) is 62.6 Å². The van der Waals surface area contributed by atoms with E-state index in [1.54, 1.807) is 0 Å². The third kappa shape index (κ3) is 7.28. The van der Waals surface area contributed by atoms with Crippen LogP contribution < -0.4 is 15.4 Å². The lowest BCUT2D eigenvalue weighted by Crippen LogP contribution is -2.30. The summed E-state index contributed by atoms with van der Waals surface area (Å²) in [6.45, 7) is 5.23. The van der Waals surface area contributed by atoms with Crippen LogP contribution in [0.1, 0.15) is 51.1 Å². The van der Waals surface area contributed by atoms with Crippen molar-refractivity contribution in [3.05, 3.63) is 60.2 Å². The van der Waals surface area contributed by atoms with E-state index in [1.165, 1.54) is 24.8 Å². The van der Waals surface area contributed by atoms with Crippen LogP contribution >= 0.6 is 0 Å². The summed E-state index contributed by atoms with van der Waals surface area (Å²) in [6.07, 6.45) is 4.72. The van der Waals surface area contributed by atoms with Crippen molar-refractivity contribution in [2.45, 2.75) is 45.6 Å². The highest BCUT2D eigenvalue weighted by molar-refractivity contribution is 5.92. The van der Waals surface area contributed by atoms with Gasteiger partial charge >= 0.3 is 0 Å². The number of nitrogens with one attached hydrogen (secondary N) is 2. The summed E-state index contributed by atoms with van der Waals surface area (Å²) < 4.78 is 5.76. The van der Waals surface area contributed by atoms with Gasteiger partial charge < -0.3 is 15.4 Å². The van der Waals surface area contributed by atoms with Gasteiger partial charge in [0, 0.05) is 17.8 Å². The molecule has 0 saturated heterocycles. The molecule has 2 N–H and O–H groups in total. The molecular weight excluding hydrogens is 324 g/mol. The quantitative estimate of drug-likeness (QED) is 0.562. The molecule has 0 radical (unpaired) electrons. The molecular formula is C22H30N2O2. The summed E-state index contributed by atoms with van der Waals surface area (Å²) in [5.74, 6) is 0.734. The minimum atomic E-state index is -0.0622. The van der Waals surface area contributed by atoms with E-state index in [1.807, 2.05) is 42.5 Å². The van der Waals surface area contributed by atoms with Gasteiger partial charge in [-0.05, 0) is 31.0 Å². The molecule has 140 valence electrons. The highest BCUT2D eigenvalue weighted by Gasteiger charge is 2.08. The number of unbranched alkanes of at least 4 members (excludes halogenated alkanes) is 3. The van der Waals surface area contributed by atoms with Gasteiger partial charge in [0.25, 0.3) is 0 Å². The molecule has 0 aliphatic heterocycles. The maximum atomic E-state index is 12.2. The zero-order valence-corrected chi connectivity index (χ0v) is 15.8. The zero-order valence-electron chi connectivity index (χ0n) is 15.8. The molecule has 1 atom stereocenters. The van der Waals surface area contributed by atoms with Crippen LogP contribution in [-0.2, 0) is 4.79 Å². The SMILES string of the molecule is CCCCCCOc1cccc(NC(=O)CNC(C)c2ccccc2)c1. The standard InChI is InChI=1S/C22H30N2O2/c1-3-4-5-9-15-26-21-14-10-13-20(16-21)24-22(25)17-23-18(2)19-11-7-6-8-12-19/h6-8,10-14,16,18,23H,3-5,9,15,17H2,1-2H3,(H,24,25). The number of carbonyl (C=O) groups is 1. The normalized spacial score (nSPS) is 11.8. The second kappa shape index (κ2) is 11.3. The summed E-state index contributed by atoms with van der Waals surface area (Å²) in [5.41, 5.74) is 1.92. The summed E-state index contributed by atoms with van der Waals surface area (Å²) in [7, 11) is 0. The molecule has 1 unspecified atom stereocenters. The van der Waals surface area contributed by atoms with Crippen LogP contribution in [0.25, 0.3) is 0 Å². The third-order valence-corrected chi connectivity index (χ3v) is 4.25. The summed E-state index contributed by atoms with van der Waals surface area (Å²) in [5, 5.41) is 6.16. The first-order chi connectivity index (χ1) is 12.7. The van der Waals surface area contributed by atoms with Gasteiger partial charge in [0.15, 0.2) is 0 Å². The number of anilines is 1. The predicted molar refractivity (Wildman–Crippen MR) is 108 cm³/mol. The first kappa shape index (κ1) is 20.0. The maximum Gasteiger partial charge on any atom is 0.238 e. The summed E-state index contributed by atoms with van der Waals surface area (Å²) >= 11 is 0. The molecule has 0 saturated carbocycles. The molecule has 1 amide bonds. The van der Waals surface area contributed by atoms with Crippen molar-refractivity contribution >= 4 is 11.6 Å². The zero-order chi connectivity index (χ0) is 18.6. The fourth-order valence-corrected chi connectivity index (χ4v) is 2.69. The van der Waals surface area contributed by atoms with Crippen LogP contribution in [0.3, 0.4) is 0 Å². The molecule has 2 rings (SSSR count). The monoisotopic (exact) mass is 354 g/mol. The largest absolute Gasteiger partial charge is 0.494 e. The summed E-state index contributed by atoms with van der Waals surface area (Å²) in [6, 6.07) is 17.8. The minimum absolute atomic E-state index is 0.0622. The van der Waals surface area contributed by atoms with Crippen molar-refractivity contribution in [2.75, 3.05) is 18.5 Å². The Bertz CT molecular complexity index is 658. The number of amides is 1. The molecule has 4 heteroatoms. The van der Waals surface area contributed by atoms with Gasteiger partial charge in [0.05, 0.1) is 13.2 Å². The Morgan fingerprint density at radius 2 is 1.85 bits per heavy atom. The van der Waals surface area contributed by atoms with Crippen molar-refractivity contribution in [3.8, 4) is 5.75 Å². The fourth-order valence-electron chi connectivity index (χ4n) is 2.69. The van der Waals surface area contributed by atoms with Crippen molar-refractivity contribution in [1.29, 1.82) is 0 Å². The van der Waals surface area contributed by atoms with Gasteiger partial charge in [0.1, 0.15) is 5.75 Å². The highest BCUT2D eigenvalue weighted by Crippen LogP contribution is 2.18. The Kier molecular flexibility index (Phi) is 8.70. The second-order valence-electron chi connectivity index (χ2n) is 6.50. The number of carbonyl (C=O) groups excluding carboxylic acids is 1. The lowest BCUT2D eigenvalue weighted by molar-refractivity contribution is -0.115. The van der Waals surface area contributed by atoms with E-state index in [0.717, 1.165) is 17.9 Å². The molecule has 2 aromatic carbocycles. The third-order valence-electron chi connectivity index (χ3n) is 4.25. The van der Waals surface area contributed by atoms with Gasteiger partial charge in [-0.3, -0.25) is 4.79 Å². The Balaban J connectivity index is 1.75. The molecule has 2 aromatic rings. The first-order valence-electron chi connectivity index (χ1n) is 9.50. The molecule has 0 bridgehead atoms. The average molecular weight is 354 g/mol. The van der Waals surface area contributed by atoms with E-state index < -0.39 is 0 Å². The van der Waals surface area contributed by atoms with Crippen LogP contribution in [0.4, 0.5) is 5.69 Å². The molecule has 0 fully saturated rings. The van der Waals surface area contributed by atoms with Crippen molar-refractivity contribution in [2.24, 2.45) is 0 Å². The van der Waals surface area contributed by atoms with Crippen molar-refractivity contribution < 1.29 is 9.53 Å². The molecule has 0 heterocycles. The van der Waals surface area contributed by atoms with Crippen molar-refractivity contribution in [1.82, 2.24) is 5.32 Å². The van der Waals surface area contributed by atoms with Crippen LogP contribution in [0.5, 0.6) is 5.75 Å². The Morgan fingerprint density at radius 3 is 2.62 bits per heavy atom. The lowest BCUT2D eigenvalue weighted by atomic mass is 10.1. The van der Waals surface area contributed by atoms with Gasteiger partial charge in [-0.2, -0.15) is 0 Å². The topological polar surface area (TPSA) is 50.4 Å². The number of ether oxygens (including phenoxy) is 1. The van der Waals surface area contributed by atoms with Crippen LogP contribution in [0.2, 0.25) is 0 Å². The number of hydrogen-bond acceptors (Lipinski definition) is 3. The Labute approximate surface area is 157 Å². The fraction of sp³-hybridized carbons (Fsp3) is 0.409. The Morgan fingerprint density at radius 1 is 1.04 bits per heavy atom. The van der Waals surface area contributed by atoms with Crippen molar-refractivity contribution in [3.63, 3.8) is 0 Å². The Hall–Kier alpha value is -2.33. The molecule has 0 spiro atoms. The van der Waals surface area contributed by atoms with Gasteiger partial charge in [0.2, 0.25) is 5.91 Å². The maximum absolute atomic E-state index is 12.2. The number of hydrogen-bond donors (Lipinski definition) is 2. The van der Waals surface area contributed by atoms with E-state index in [0.29, 0.717) is 6.61 Å². The molecule has 4 nitrogen and oxygen atoms in total. The minimum Gasteiger partial charge on any atom is -0.494 e. The predicted octanol–water partition coefficient (Wildman–Crippen LogP) is 4.94. The first-order valence-corrected chi connectivity index (χ1v) is 9.50. The number of benzene rings is 2. The molecule has 26 heavy (non-hydrogen) atoms. The van der Waals surface area contributed by atoms with E-state index in [-0.39, 0.29) is 18.5 Å².